The fourth-order valence-electron chi connectivity index (χ4n) is 1.89. The number of hydrogen-bond donors (Lipinski definition) is 2. The van der Waals surface area contributed by atoms with Crippen LogP contribution in [0.25, 0.3) is 0 Å². The smallest absolute Gasteiger partial charge is 0.243 e. The molecule has 22 heavy (non-hydrogen) atoms. The first-order chi connectivity index (χ1) is 10.6. The first-order valence-corrected chi connectivity index (χ1v) is 6.63. The summed E-state index contributed by atoms with van der Waals surface area (Å²) in [6.45, 7) is 0.0270. The number of benzene rings is 2. The molecule has 0 aromatic heterocycles. The molecular weight excluding hydrogens is 287 g/mol. The predicted molar refractivity (Wildman–Crippen MR) is 83.1 cm³/mol. The van der Waals surface area contributed by atoms with Crippen molar-refractivity contribution in [3.63, 3.8) is 0 Å². The Morgan fingerprint density at radius 2 is 1.95 bits per heavy atom. The van der Waals surface area contributed by atoms with Gasteiger partial charge >= 0.3 is 0 Å². The van der Waals surface area contributed by atoms with Crippen molar-refractivity contribution in [2.75, 3.05) is 31.4 Å². The molecule has 0 bridgehead atoms. The second-order valence-corrected chi connectivity index (χ2v) is 4.48. The molecule has 0 radical (unpaired) electrons. The lowest BCUT2D eigenvalue weighted by Gasteiger charge is -2.12. The van der Waals surface area contributed by atoms with Crippen molar-refractivity contribution in [3.05, 3.63) is 48.3 Å². The predicted octanol–water partition coefficient (Wildman–Crippen LogP) is 2.89. The van der Waals surface area contributed by atoms with Crippen molar-refractivity contribution in [1.82, 2.24) is 0 Å². The van der Waals surface area contributed by atoms with Gasteiger partial charge in [-0.05, 0) is 30.3 Å². The largest absolute Gasteiger partial charge is 0.497 e. The zero-order chi connectivity index (χ0) is 15.9. The molecule has 1 amide bonds. The minimum absolute atomic E-state index is 0.0270. The topological polar surface area (TPSA) is 59.6 Å². The highest BCUT2D eigenvalue weighted by molar-refractivity contribution is 5.93. The number of carbonyl (C=O) groups excluding carboxylic acids is 1. The highest BCUT2D eigenvalue weighted by Crippen LogP contribution is 2.28. The first kappa shape index (κ1) is 15.6. The van der Waals surface area contributed by atoms with Gasteiger partial charge in [0.15, 0.2) is 0 Å². The molecule has 0 aliphatic heterocycles. The Balaban J connectivity index is 1.96. The number of nitrogens with one attached hydrogen (secondary N) is 2. The second-order valence-electron chi connectivity index (χ2n) is 4.48. The zero-order valence-corrected chi connectivity index (χ0v) is 12.4. The lowest BCUT2D eigenvalue weighted by molar-refractivity contribution is -0.114. The van der Waals surface area contributed by atoms with Gasteiger partial charge in [0.05, 0.1) is 26.5 Å². The molecule has 0 aliphatic carbocycles. The van der Waals surface area contributed by atoms with E-state index in [1.165, 1.54) is 25.3 Å². The Hall–Kier alpha value is -2.76. The molecule has 0 spiro atoms. The van der Waals surface area contributed by atoms with Gasteiger partial charge in [0.25, 0.3) is 0 Å². The third kappa shape index (κ3) is 4.12. The van der Waals surface area contributed by atoms with Gasteiger partial charge in [-0.15, -0.1) is 0 Å². The number of carbonyl (C=O) groups is 1. The van der Waals surface area contributed by atoms with Gasteiger partial charge in [0.2, 0.25) is 5.91 Å². The highest BCUT2D eigenvalue weighted by Gasteiger charge is 2.07. The lowest BCUT2D eigenvalue weighted by Crippen LogP contribution is -2.22. The monoisotopic (exact) mass is 304 g/mol. The molecule has 2 aromatic rings. The van der Waals surface area contributed by atoms with E-state index >= 15 is 0 Å². The van der Waals surface area contributed by atoms with Crippen LogP contribution >= 0.6 is 0 Å². The summed E-state index contributed by atoms with van der Waals surface area (Å²) < 4.78 is 23.4. The summed E-state index contributed by atoms with van der Waals surface area (Å²) in [6.07, 6.45) is 0. The Bertz CT molecular complexity index is 662. The van der Waals surface area contributed by atoms with Gasteiger partial charge < -0.3 is 20.1 Å². The molecule has 2 aromatic carbocycles. The molecule has 0 fully saturated rings. The van der Waals surface area contributed by atoms with Crippen molar-refractivity contribution < 1.29 is 18.7 Å². The Morgan fingerprint density at radius 3 is 2.64 bits per heavy atom. The summed E-state index contributed by atoms with van der Waals surface area (Å²) in [6, 6.07) is 11.0. The van der Waals surface area contributed by atoms with Crippen LogP contribution in [0.2, 0.25) is 0 Å². The zero-order valence-electron chi connectivity index (χ0n) is 12.4. The van der Waals surface area contributed by atoms with Crippen molar-refractivity contribution in [1.29, 1.82) is 0 Å². The summed E-state index contributed by atoms with van der Waals surface area (Å²) in [4.78, 5) is 11.9. The first-order valence-electron chi connectivity index (χ1n) is 6.63. The molecule has 0 saturated heterocycles. The molecule has 6 heteroatoms. The van der Waals surface area contributed by atoms with E-state index in [2.05, 4.69) is 10.6 Å². The summed E-state index contributed by atoms with van der Waals surface area (Å²) in [5, 5.41) is 5.57. The van der Waals surface area contributed by atoms with E-state index < -0.39 is 5.82 Å². The van der Waals surface area contributed by atoms with E-state index in [9.17, 15) is 9.18 Å². The molecule has 116 valence electrons. The van der Waals surface area contributed by atoms with Crippen molar-refractivity contribution >= 4 is 17.3 Å². The summed E-state index contributed by atoms with van der Waals surface area (Å²) in [7, 11) is 3.10. The summed E-state index contributed by atoms with van der Waals surface area (Å²) in [5.74, 6) is 0.538. The van der Waals surface area contributed by atoms with E-state index in [-0.39, 0.29) is 12.5 Å². The van der Waals surface area contributed by atoms with Crippen LogP contribution in [0.3, 0.4) is 0 Å². The van der Waals surface area contributed by atoms with Crippen LogP contribution in [-0.4, -0.2) is 26.7 Å². The van der Waals surface area contributed by atoms with Crippen LogP contribution < -0.4 is 20.1 Å². The molecule has 0 atom stereocenters. The van der Waals surface area contributed by atoms with E-state index in [0.717, 1.165) is 0 Å². The fourth-order valence-corrected chi connectivity index (χ4v) is 1.89. The van der Waals surface area contributed by atoms with E-state index in [1.807, 2.05) is 0 Å². The van der Waals surface area contributed by atoms with Crippen LogP contribution in [0.1, 0.15) is 0 Å². The molecule has 2 N–H and O–H groups in total. The summed E-state index contributed by atoms with van der Waals surface area (Å²) >= 11 is 0. The molecule has 2 rings (SSSR count). The molecule has 0 unspecified atom stereocenters. The van der Waals surface area contributed by atoms with E-state index in [0.29, 0.717) is 22.9 Å². The number of halogens is 1. The van der Waals surface area contributed by atoms with Crippen LogP contribution in [0.15, 0.2) is 42.5 Å². The van der Waals surface area contributed by atoms with Crippen LogP contribution in [0.4, 0.5) is 15.8 Å². The lowest BCUT2D eigenvalue weighted by atomic mass is 10.2. The number of anilines is 2. The number of ether oxygens (including phenoxy) is 2. The number of methoxy groups -OCH3 is 2. The van der Waals surface area contributed by atoms with Gasteiger partial charge in [-0.1, -0.05) is 6.07 Å². The Morgan fingerprint density at radius 1 is 1.14 bits per heavy atom. The average molecular weight is 304 g/mol. The molecule has 0 saturated carbocycles. The highest BCUT2D eigenvalue weighted by atomic mass is 19.1. The second kappa shape index (κ2) is 7.31. The Kier molecular flexibility index (Phi) is 5.19. The third-order valence-corrected chi connectivity index (χ3v) is 2.96. The molecule has 5 nitrogen and oxygen atoms in total. The van der Waals surface area contributed by atoms with E-state index in [4.69, 9.17) is 9.47 Å². The quantitative estimate of drug-likeness (QED) is 0.861. The van der Waals surface area contributed by atoms with Crippen LogP contribution in [-0.2, 0) is 4.79 Å². The number of hydrogen-bond acceptors (Lipinski definition) is 4. The number of rotatable bonds is 6. The summed E-state index contributed by atoms with van der Waals surface area (Å²) in [5.41, 5.74) is 1.08. The van der Waals surface area contributed by atoms with Crippen molar-refractivity contribution in [2.45, 2.75) is 0 Å². The SMILES string of the molecule is COc1ccc(NCC(=O)Nc2cccc(F)c2)c(OC)c1. The third-order valence-electron chi connectivity index (χ3n) is 2.96. The van der Waals surface area contributed by atoms with Gasteiger partial charge in [-0.25, -0.2) is 4.39 Å². The minimum atomic E-state index is -0.400. The normalized spacial score (nSPS) is 9.95. The maximum atomic E-state index is 13.0. The molecular formula is C16H17FN2O3. The van der Waals surface area contributed by atoms with Crippen molar-refractivity contribution in [3.8, 4) is 11.5 Å². The number of amides is 1. The van der Waals surface area contributed by atoms with Crippen LogP contribution in [0, 0.1) is 5.82 Å². The van der Waals surface area contributed by atoms with Crippen LogP contribution in [0.5, 0.6) is 11.5 Å². The minimum Gasteiger partial charge on any atom is -0.497 e. The molecule has 0 heterocycles. The Labute approximate surface area is 128 Å². The maximum absolute atomic E-state index is 13.0. The van der Waals surface area contributed by atoms with Gasteiger partial charge in [0.1, 0.15) is 17.3 Å². The average Bonchev–Trinajstić information content (AvgIpc) is 2.52. The standard InChI is InChI=1S/C16H17FN2O3/c1-21-13-6-7-14(15(9-13)22-2)18-10-16(20)19-12-5-3-4-11(17)8-12/h3-9,18H,10H2,1-2H3,(H,19,20). The van der Waals surface area contributed by atoms with E-state index in [1.54, 1.807) is 31.4 Å². The fraction of sp³-hybridized carbons (Fsp3) is 0.188. The maximum Gasteiger partial charge on any atom is 0.243 e. The van der Waals surface area contributed by atoms with Gasteiger partial charge in [-0.3, -0.25) is 4.79 Å². The molecule has 0 aliphatic rings. The van der Waals surface area contributed by atoms with Gasteiger partial charge in [0, 0.05) is 11.8 Å². The van der Waals surface area contributed by atoms with Crippen molar-refractivity contribution in [2.24, 2.45) is 0 Å². The van der Waals surface area contributed by atoms with Gasteiger partial charge in [-0.2, -0.15) is 0 Å².